The average molecular weight is 353 g/mol. The first-order valence-corrected chi connectivity index (χ1v) is 9.25. The monoisotopic (exact) mass is 353 g/mol. The van der Waals surface area contributed by atoms with Crippen LogP contribution >= 0.6 is 0 Å². The van der Waals surface area contributed by atoms with Gasteiger partial charge in [-0.3, -0.25) is 14.5 Å². The van der Waals surface area contributed by atoms with E-state index < -0.39 is 5.41 Å². The molecule has 3 heteroatoms. The third-order valence-corrected chi connectivity index (χ3v) is 5.96. The summed E-state index contributed by atoms with van der Waals surface area (Å²) in [5, 5.41) is 0. The maximum absolute atomic E-state index is 13.2. The van der Waals surface area contributed by atoms with E-state index in [-0.39, 0.29) is 23.7 Å². The summed E-state index contributed by atoms with van der Waals surface area (Å²) in [6.07, 6.45) is 0. The normalized spacial score (nSPS) is 22.6. The minimum atomic E-state index is -0.524. The summed E-state index contributed by atoms with van der Waals surface area (Å²) in [7, 11) is 0. The highest BCUT2D eigenvalue weighted by atomic mass is 16.2. The molecule has 0 bridgehead atoms. The lowest BCUT2D eigenvalue weighted by molar-refractivity contribution is -0.142. The first-order valence-electron chi connectivity index (χ1n) is 9.25. The first kappa shape index (κ1) is 16.0. The Bertz CT molecular complexity index is 935. The average Bonchev–Trinajstić information content (AvgIpc) is 3.38. The Morgan fingerprint density at radius 2 is 1.04 bits per heavy atom. The number of carbonyl (C=O) groups is 2. The fourth-order valence-electron chi connectivity index (χ4n) is 4.74. The van der Waals surface area contributed by atoms with Crippen LogP contribution in [-0.4, -0.2) is 16.7 Å². The van der Waals surface area contributed by atoms with Crippen LogP contribution in [0.3, 0.4) is 0 Å². The number of carbonyl (C=O) groups excluding carboxylic acids is 2. The molecule has 0 spiro atoms. The summed E-state index contributed by atoms with van der Waals surface area (Å²) >= 11 is 0. The van der Waals surface area contributed by atoms with Gasteiger partial charge in [-0.1, -0.05) is 91.0 Å². The summed E-state index contributed by atoms with van der Waals surface area (Å²) < 4.78 is 0. The van der Waals surface area contributed by atoms with Gasteiger partial charge in [0.05, 0.1) is 18.4 Å². The van der Waals surface area contributed by atoms with Gasteiger partial charge in [0.15, 0.2) is 0 Å². The summed E-state index contributed by atoms with van der Waals surface area (Å²) in [4.78, 5) is 27.9. The zero-order chi connectivity index (χ0) is 18.4. The lowest BCUT2D eigenvalue weighted by Gasteiger charge is -2.26. The van der Waals surface area contributed by atoms with Crippen molar-refractivity contribution in [3.63, 3.8) is 0 Å². The predicted molar refractivity (Wildman–Crippen MR) is 103 cm³/mol. The molecular formula is C24H19NO2. The first-order chi connectivity index (χ1) is 13.2. The Kier molecular flexibility index (Phi) is 3.51. The zero-order valence-electron chi connectivity index (χ0n) is 14.8. The summed E-state index contributed by atoms with van der Waals surface area (Å²) in [5.74, 6) is -0.722. The Labute approximate surface area is 158 Å². The third kappa shape index (κ3) is 2.21. The molecule has 5 rings (SSSR count). The van der Waals surface area contributed by atoms with E-state index >= 15 is 0 Å². The number of nitrogens with zero attached hydrogens (tertiary/aromatic N) is 1. The van der Waals surface area contributed by atoms with Crippen molar-refractivity contribution in [2.24, 2.45) is 11.8 Å². The molecule has 2 atom stereocenters. The number of likely N-dealkylation sites (tertiary alicyclic amines) is 1. The molecule has 0 N–H and O–H groups in total. The van der Waals surface area contributed by atoms with Crippen molar-refractivity contribution >= 4 is 11.8 Å². The van der Waals surface area contributed by atoms with E-state index in [0.717, 1.165) is 16.7 Å². The molecule has 0 aromatic heterocycles. The van der Waals surface area contributed by atoms with Crippen LogP contribution < -0.4 is 0 Å². The van der Waals surface area contributed by atoms with Gasteiger partial charge in [0.1, 0.15) is 0 Å². The fourth-order valence-corrected chi connectivity index (χ4v) is 4.74. The van der Waals surface area contributed by atoms with E-state index in [2.05, 4.69) is 0 Å². The van der Waals surface area contributed by atoms with Crippen molar-refractivity contribution < 1.29 is 9.59 Å². The number of hydrogen-bond acceptors (Lipinski definition) is 2. The summed E-state index contributed by atoms with van der Waals surface area (Å²) in [5.41, 5.74) is 2.55. The van der Waals surface area contributed by atoms with Crippen molar-refractivity contribution in [2.75, 3.05) is 0 Å². The molecule has 1 saturated heterocycles. The number of hydrogen-bond donors (Lipinski definition) is 0. The Hall–Kier alpha value is -3.20. The zero-order valence-corrected chi connectivity index (χ0v) is 14.8. The number of imide groups is 1. The number of fused-ring (bicyclic) bond motifs is 1. The fraction of sp³-hybridized carbons (Fsp3) is 0.167. The van der Waals surface area contributed by atoms with Gasteiger partial charge in [-0.25, -0.2) is 0 Å². The van der Waals surface area contributed by atoms with Gasteiger partial charge in [-0.15, -0.1) is 0 Å². The van der Waals surface area contributed by atoms with Crippen LogP contribution in [0.15, 0.2) is 91.0 Å². The molecule has 2 fully saturated rings. The SMILES string of the molecule is O=C1[C@@H]2[C@@H](C(=O)N1Cc1ccccc1)C2(c1ccccc1)c1ccccc1. The Balaban J connectivity index is 1.55. The molecule has 1 aliphatic carbocycles. The number of benzene rings is 3. The van der Waals surface area contributed by atoms with Crippen molar-refractivity contribution in [3.8, 4) is 0 Å². The molecule has 2 amide bonds. The summed E-state index contributed by atoms with van der Waals surface area (Å²) in [6.45, 7) is 0.352. The number of piperidine rings is 1. The maximum Gasteiger partial charge on any atom is 0.234 e. The molecule has 2 aliphatic rings. The molecule has 1 saturated carbocycles. The molecule has 3 aromatic rings. The van der Waals surface area contributed by atoms with E-state index in [1.54, 1.807) is 0 Å². The van der Waals surface area contributed by atoms with E-state index in [1.807, 2.05) is 91.0 Å². The van der Waals surface area contributed by atoms with Gasteiger partial charge in [-0.2, -0.15) is 0 Å². The van der Waals surface area contributed by atoms with Gasteiger partial charge in [0, 0.05) is 5.41 Å². The molecule has 0 radical (unpaired) electrons. The van der Waals surface area contributed by atoms with E-state index in [4.69, 9.17) is 0 Å². The molecular weight excluding hydrogens is 334 g/mol. The van der Waals surface area contributed by atoms with Crippen LogP contribution in [0.25, 0.3) is 0 Å². The molecule has 3 nitrogen and oxygen atoms in total. The van der Waals surface area contributed by atoms with Crippen LogP contribution in [0.5, 0.6) is 0 Å². The standard InChI is InChI=1S/C24H19NO2/c26-22-20-21(23(27)25(22)16-17-10-4-1-5-11-17)24(20,18-12-6-2-7-13-18)19-14-8-3-9-15-19/h1-15,20-21H,16H2/t20-,21-/m0/s1. The van der Waals surface area contributed by atoms with Crippen molar-refractivity contribution in [2.45, 2.75) is 12.0 Å². The smallest absolute Gasteiger partial charge is 0.234 e. The highest BCUT2D eigenvalue weighted by Crippen LogP contribution is 2.68. The van der Waals surface area contributed by atoms with Crippen LogP contribution in [0.4, 0.5) is 0 Å². The van der Waals surface area contributed by atoms with E-state index in [9.17, 15) is 9.59 Å². The number of amides is 2. The van der Waals surface area contributed by atoms with Crippen molar-refractivity contribution in [3.05, 3.63) is 108 Å². The van der Waals surface area contributed by atoms with Gasteiger partial charge < -0.3 is 0 Å². The van der Waals surface area contributed by atoms with Gasteiger partial charge in [-0.05, 0) is 16.7 Å². The second kappa shape index (κ2) is 5.92. The van der Waals surface area contributed by atoms with E-state index in [1.165, 1.54) is 4.90 Å². The Morgan fingerprint density at radius 3 is 1.48 bits per heavy atom. The topological polar surface area (TPSA) is 37.4 Å². The molecule has 1 aliphatic heterocycles. The highest BCUT2D eigenvalue weighted by Gasteiger charge is 2.78. The van der Waals surface area contributed by atoms with Gasteiger partial charge >= 0.3 is 0 Å². The molecule has 0 unspecified atom stereocenters. The second-order valence-corrected chi connectivity index (χ2v) is 7.30. The van der Waals surface area contributed by atoms with Crippen LogP contribution in [-0.2, 0) is 21.5 Å². The Morgan fingerprint density at radius 1 is 0.630 bits per heavy atom. The predicted octanol–water partition coefficient (Wildman–Crippen LogP) is 3.79. The highest BCUT2D eigenvalue weighted by molar-refractivity contribution is 6.12. The van der Waals surface area contributed by atoms with Crippen LogP contribution in [0, 0.1) is 11.8 Å². The minimum absolute atomic E-state index is 0.0541. The van der Waals surface area contributed by atoms with Crippen molar-refractivity contribution in [1.29, 1.82) is 0 Å². The number of rotatable bonds is 4. The quantitative estimate of drug-likeness (QED) is 0.669. The second-order valence-electron chi connectivity index (χ2n) is 7.30. The van der Waals surface area contributed by atoms with Crippen LogP contribution in [0.2, 0.25) is 0 Å². The van der Waals surface area contributed by atoms with E-state index in [0.29, 0.717) is 6.54 Å². The molecule has 132 valence electrons. The minimum Gasteiger partial charge on any atom is -0.278 e. The largest absolute Gasteiger partial charge is 0.278 e. The van der Waals surface area contributed by atoms with Crippen LogP contribution in [0.1, 0.15) is 16.7 Å². The summed E-state index contributed by atoms with van der Waals surface area (Å²) in [6, 6.07) is 29.7. The van der Waals surface area contributed by atoms with Gasteiger partial charge in [0.25, 0.3) is 0 Å². The third-order valence-electron chi connectivity index (χ3n) is 5.96. The van der Waals surface area contributed by atoms with Crippen molar-refractivity contribution in [1.82, 2.24) is 4.90 Å². The molecule has 3 aromatic carbocycles. The maximum atomic E-state index is 13.2. The lowest BCUT2D eigenvalue weighted by atomic mass is 9.83. The lowest BCUT2D eigenvalue weighted by Crippen LogP contribution is -2.38. The van der Waals surface area contributed by atoms with Gasteiger partial charge in [0.2, 0.25) is 11.8 Å². The molecule has 1 heterocycles. The molecule has 27 heavy (non-hydrogen) atoms.